The van der Waals surface area contributed by atoms with E-state index in [1.54, 1.807) is 0 Å². The number of para-hydroxylation sites is 2. The highest BCUT2D eigenvalue weighted by Gasteiger charge is 2.25. The van der Waals surface area contributed by atoms with Gasteiger partial charge in [0.2, 0.25) is 5.95 Å². The number of nitrogens with one attached hydrogen (secondary N) is 2. The first-order chi connectivity index (χ1) is 10.1. The lowest BCUT2D eigenvalue weighted by molar-refractivity contribution is -0.0164. The second kappa shape index (κ2) is 6.01. The van der Waals surface area contributed by atoms with Crippen molar-refractivity contribution in [2.24, 2.45) is 0 Å². The number of aromatic nitrogens is 2. The molecule has 1 atom stereocenters. The lowest BCUT2D eigenvalue weighted by atomic mass is 10.1. The molecular weight excluding hydrogens is 268 g/mol. The van der Waals surface area contributed by atoms with E-state index < -0.39 is 5.60 Å². The number of rotatable bonds is 5. The standard InChI is InChI=1S/C15H22N4O2/c1-15(20,11-19-6-8-21-9-7-19)10-16-14-17-12-4-2-3-5-13(12)18-14/h2-5,20H,6-11H2,1H3,(H2,16,17,18). The fraction of sp³-hybridized carbons (Fsp3) is 0.533. The van der Waals surface area contributed by atoms with Crippen molar-refractivity contribution in [3.05, 3.63) is 24.3 Å². The average Bonchev–Trinajstić information content (AvgIpc) is 2.89. The number of benzene rings is 1. The summed E-state index contributed by atoms with van der Waals surface area (Å²) in [6.07, 6.45) is 0. The van der Waals surface area contributed by atoms with Gasteiger partial charge in [0.15, 0.2) is 0 Å². The Bertz CT molecular complexity index is 557. The summed E-state index contributed by atoms with van der Waals surface area (Å²) in [4.78, 5) is 9.88. The molecule has 21 heavy (non-hydrogen) atoms. The molecule has 0 radical (unpaired) electrons. The van der Waals surface area contributed by atoms with Gasteiger partial charge in [0.1, 0.15) is 0 Å². The highest BCUT2D eigenvalue weighted by Crippen LogP contribution is 2.15. The monoisotopic (exact) mass is 290 g/mol. The fourth-order valence-corrected chi connectivity index (χ4v) is 2.61. The molecule has 1 aliphatic heterocycles. The van der Waals surface area contributed by atoms with Gasteiger partial charge in [-0.25, -0.2) is 4.98 Å². The molecule has 1 saturated heterocycles. The lowest BCUT2D eigenvalue weighted by Crippen LogP contribution is -2.49. The number of hydrogen-bond donors (Lipinski definition) is 3. The Labute approximate surface area is 124 Å². The van der Waals surface area contributed by atoms with Crippen LogP contribution in [0.15, 0.2) is 24.3 Å². The molecule has 0 saturated carbocycles. The maximum atomic E-state index is 10.5. The van der Waals surface area contributed by atoms with E-state index >= 15 is 0 Å². The Morgan fingerprint density at radius 1 is 1.38 bits per heavy atom. The Morgan fingerprint density at radius 2 is 2.14 bits per heavy atom. The Morgan fingerprint density at radius 3 is 2.90 bits per heavy atom. The van der Waals surface area contributed by atoms with Crippen LogP contribution < -0.4 is 5.32 Å². The highest BCUT2D eigenvalue weighted by molar-refractivity contribution is 5.77. The third-order valence-electron chi connectivity index (χ3n) is 3.69. The number of anilines is 1. The summed E-state index contributed by atoms with van der Waals surface area (Å²) in [6, 6.07) is 7.88. The number of aromatic amines is 1. The fourth-order valence-electron chi connectivity index (χ4n) is 2.61. The van der Waals surface area contributed by atoms with Gasteiger partial charge >= 0.3 is 0 Å². The molecule has 6 heteroatoms. The number of H-pyrrole nitrogens is 1. The summed E-state index contributed by atoms with van der Waals surface area (Å²) in [6.45, 7) is 6.16. The largest absolute Gasteiger partial charge is 0.387 e. The molecule has 114 valence electrons. The Kier molecular flexibility index (Phi) is 4.10. The van der Waals surface area contributed by atoms with Crippen LogP contribution in [-0.4, -0.2) is 65.0 Å². The van der Waals surface area contributed by atoms with Gasteiger partial charge in [0, 0.05) is 26.2 Å². The summed E-state index contributed by atoms with van der Waals surface area (Å²) >= 11 is 0. The van der Waals surface area contributed by atoms with Crippen LogP contribution in [0.25, 0.3) is 11.0 Å². The molecule has 0 spiro atoms. The average molecular weight is 290 g/mol. The third-order valence-corrected chi connectivity index (χ3v) is 3.69. The number of fused-ring (bicyclic) bond motifs is 1. The van der Waals surface area contributed by atoms with Crippen molar-refractivity contribution in [2.75, 3.05) is 44.7 Å². The van der Waals surface area contributed by atoms with Crippen LogP contribution in [0.2, 0.25) is 0 Å². The molecular formula is C15H22N4O2. The Balaban J connectivity index is 1.57. The summed E-state index contributed by atoms with van der Waals surface area (Å²) in [5.41, 5.74) is 1.11. The van der Waals surface area contributed by atoms with Crippen molar-refractivity contribution in [3.8, 4) is 0 Å². The first-order valence-electron chi connectivity index (χ1n) is 7.33. The van der Waals surface area contributed by atoms with Gasteiger partial charge < -0.3 is 20.1 Å². The van der Waals surface area contributed by atoms with E-state index in [0.29, 0.717) is 19.0 Å². The number of ether oxygens (including phenoxy) is 1. The van der Waals surface area contributed by atoms with Gasteiger partial charge in [0.25, 0.3) is 0 Å². The van der Waals surface area contributed by atoms with Crippen molar-refractivity contribution in [1.82, 2.24) is 14.9 Å². The van der Waals surface area contributed by atoms with Crippen molar-refractivity contribution in [2.45, 2.75) is 12.5 Å². The number of morpholine rings is 1. The molecule has 2 aromatic rings. The zero-order chi connectivity index (χ0) is 14.7. The first kappa shape index (κ1) is 14.3. The van der Waals surface area contributed by atoms with E-state index in [4.69, 9.17) is 4.74 Å². The van der Waals surface area contributed by atoms with Gasteiger partial charge in [-0.05, 0) is 19.1 Å². The number of aliphatic hydroxyl groups is 1. The lowest BCUT2D eigenvalue weighted by Gasteiger charge is -2.33. The quantitative estimate of drug-likeness (QED) is 0.768. The third kappa shape index (κ3) is 3.72. The van der Waals surface area contributed by atoms with Crippen LogP contribution in [0.1, 0.15) is 6.92 Å². The molecule has 1 unspecified atom stereocenters. The Hall–Kier alpha value is -1.63. The molecule has 6 nitrogen and oxygen atoms in total. The van der Waals surface area contributed by atoms with Crippen LogP contribution in [0.5, 0.6) is 0 Å². The zero-order valence-electron chi connectivity index (χ0n) is 12.3. The number of β-amino-alcohol motifs (C(OH)–C–C–N with tert-alkyl or cyclic N) is 1. The van der Waals surface area contributed by atoms with Crippen LogP contribution in [0.4, 0.5) is 5.95 Å². The molecule has 1 aromatic carbocycles. The van der Waals surface area contributed by atoms with Crippen molar-refractivity contribution in [1.29, 1.82) is 0 Å². The first-order valence-corrected chi connectivity index (χ1v) is 7.33. The smallest absolute Gasteiger partial charge is 0.201 e. The predicted molar refractivity (Wildman–Crippen MR) is 82.5 cm³/mol. The van der Waals surface area contributed by atoms with E-state index in [2.05, 4.69) is 20.2 Å². The zero-order valence-corrected chi connectivity index (χ0v) is 12.3. The summed E-state index contributed by atoms with van der Waals surface area (Å²) < 4.78 is 5.32. The van der Waals surface area contributed by atoms with E-state index in [-0.39, 0.29) is 0 Å². The van der Waals surface area contributed by atoms with Gasteiger partial charge in [0.05, 0.1) is 29.8 Å². The molecule has 2 heterocycles. The second-order valence-electron chi connectivity index (χ2n) is 5.84. The number of hydrogen-bond acceptors (Lipinski definition) is 5. The van der Waals surface area contributed by atoms with Crippen LogP contribution in [-0.2, 0) is 4.74 Å². The highest BCUT2D eigenvalue weighted by atomic mass is 16.5. The molecule has 3 N–H and O–H groups in total. The summed E-state index contributed by atoms with van der Waals surface area (Å²) in [7, 11) is 0. The van der Waals surface area contributed by atoms with Crippen molar-refractivity contribution < 1.29 is 9.84 Å². The van der Waals surface area contributed by atoms with Gasteiger partial charge in [-0.1, -0.05) is 12.1 Å². The van der Waals surface area contributed by atoms with Gasteiger partial charge in [-0.15, -0.1) is 0 Å². The predicted octanol–water partition coefficient (Wildman–Crippen LogP) is 1.06. The second-order valence-corrected chi connectivity index (χ2v) is 5.84. The van der Waals surface area contributed by atoms with Crippen LogP contribution in [0.3, 0.4) is 0 Å². The molecule has 3 rings (SSSR count). The minimum Gasteiger partial charge on any atom is -0.387 e. The SMILES string of the molecule is CC(O)(CNc1nc2ccccc2[nH]1)CN1CCOCC1. The maximum Gasteiger partial charge on any atom is 0.201 e. The van der Waals surface area contributed by atoms with E-state index in [1.165, 1.54) is 0 Å². The van der Waals surface area contributed by atoms with E-state index in [1.807, 2.05) is 31.2 Å². The van der Waals surface area contributed by atoms with Crippen molar-refractivity contribution in [3.63, 3.8) is 0 Å². The number of nitrogens with zero attached hydrogens (tertiary/aromatic N) is 2. The minimum absolute atomic E-state index is 0.449. The maximum absolute atomic E-state index is 10.5. The topological polar surface area (TPSA) is 73.4 Å². The molecule has 0 bridgehead atoms. The normalized spacial score (nSPS) is 19.5. The van der Waals surface area contributed by atoms with Gasteiger partial charge in [-0.2, -0.15) is 0 Å². The molecule has 1 aromatic heterocycles. The molecule has 0 amide bonds. The van der Waals surface area contributed by atoms with E-state index in [9.17, 15) is 5.11 Å². The molecule has 1 aliphatic rings. The van der Waals surface area contributed by atoms with Crippen LogP contribution in [0, 0.1) is 0 Å². The summed E-state index contributed by atoms with van der Waals surface area (Å²) in [5, 5.41) is 13.7. The van der Waals surface area contributed by atoms with Crippen LogP contribution >= 0.6 is 0 Å². The van der Waals surface area contributed by atoms with Crippen molar-refractivity contribution >= 4 is 17.0 Å². The molecule has 0 aliphatic carbocycles. The van der Waals surface area contributed by atoms with Gasteiger partial charge in [-0.3, -0.25) is 4.90 Å². The number of imidazole rings is 1. The summed E-state index contributed by atoms with van der Waals surface area (Å²) in [5.74, 6) is 0.693. The molecule has 1 fully saturated rings. The minimum atomic E-state index is -0.809. The van der Waals surface area contributed by atoms with E-state index in [0.717, 1.165) is 37.3 Å².